The molecule has 0 aromatic carbocycles. The van der Waals surface area contributed by atoms with Crippen LogP contribution in [0, 0.1) is 0 Å². The lowest BCUT2D eigenvalue weighted by molar-refractivity contribution is 0.180. The van der Waals surface area contributed by atoms with Gasteiger partial charge in [-0.25, -0.2) is 9.97 Å². The summed E-state index contributed by atoms with van der Waals surface area (Å²) < 4.78 is 5.77. The van der Waals surface area contributed by atoms with Crippen LogP contribution in [0.1, 0.15) is 31.3 Å². The van der Waals surface area contributed by atoms with E-state index < -0.39 is 0 Å². The van der Waals surface area contributed by atoms with Gasteiger partial charge in [-0.3, -0.25) is 0 Å². The average molecular weight is 294 g/mol. The number of methoxy groups -OCH3 is 1. The standard InChI is InChI=1S/C10H14BrClN2O/c1-3-4-5-8-13-7(6-15-2)9(11)10(12)14-8/h3-6H2,1-2H3. The van der Waals surface area contributed by atoms with Gasteiger partial charge in [0.2, 0.25) is 0 Å². The van der Waals surface area contributed by atoms with E-state index in [1.165, 1.54) is 0 Å². The van der Waals surface area contributed by atoms with Crippen molar-refractivity contribution in [2.45, 2.75) is 32.8 Å². The summed E-state index contributed by atoms with van der Waals surface area (Å²) in [6, 6.07) is 0. The Morgan fingerprint density at radius 3 is 2.73 bits per heavy atom. The molecule has 0 amide bonds. The van der Waals surface area contributed by atoms with Gasteiger partial charge in [0, 0.05) is 13.5 Å². The Bertz CT molecular complexity index is 333. The molecule has 1 aromatic rings. The van der Waals surface area contributed by atoms with Gasteiger partial charge in [-0.15, -0.1) is 0 Å². The van der Waals surface area contributed by atoms with E-state index >= 15 is 0 Å². The first-order valence-electron chi connectivity index (χ1n) is 4.88. The molecule has 1 aromatic heterocycles. The number of nitrogens with zero attached hydrogens (tertiary/aromatic N) is 2. The van der Waals surface area contributed by atoms with Gasteiger partial charge in [-0.2, -0.15) is 0 Å². The first kappa shape index (κ1) is 12.9. The molecule has 1 rings (SSSR count). The number of hydrogen-bond donors (Lipinski definition) is 0. The van der Waals surface area contributed by atoms with Crippen LogP contribution in [0.4, 0.5) is 0 Å². The molecular weight excluding hydrogens is 279 g/mol. The molecule has 0 aliphatic rings. The third kappa shape index (κ3) is 3.70. The number of unbranched alkanes of at least 4 members (excludes halogenated alkanes) is 1. The maximum atomic E-state index is 5.98. The quantitative estimate of drug-likeness (QED) is 0.781. The predicted molar refractivity (Wildman–Crippen MR) is 64.1 cm³/mol. The Morgan fingerprint density at radius 2 is 2.13 bits per heavy atom. The summed E-state index contributed by atoms with van der Waals surface area (Å²) in [5.74, 6) is 0.789. The van der Waals surface area contributed by atoms with Crippen LogP contribution in [0.5, 0.6) is 0 Å². The van der Waals surface area contributed by atoms with Crippen molar-refractivity contribution in [3.8, 4) is 0 Å². The summed E-state index contributed by atoms with van der Waals surface area (Å²) in [5, 5.41) is 0.461. The summed E-state index contributed by atoms with van der Waals surface area (Å²) in [6.07, 6.45) is 3.06. The topological polar surface area (TPSA) is 35.0 Å². The summed E-state index contributed by atoms with van der Waals surface area (Å²) in [5.41, 5.74) is 0.809. The number of hydrogen-bond acceptors (Lipinski definition) is 3. The van der Waals surface area contributed by atoms with Crippen molar-refractivity contribution in [1.82, 2.24) is 9.97 Å². The van der Waals surface area contributed by atoms with E-state index in [1.807, 2.05) is 0 Å². The van der Waals surface area contributed by atoms with E-state index in [0.29, 0.717) is 11.8 Å². The Morgan fingerprint density at radius 1 is 1.40 bits per heavy atom. The minimum absolute atomic E-state index is 0.446. The molecule has 0 fully saturated rings. The number of aryl methyl sites for hydroxylation is 1. The van der Waals surface area contributed by atoms with Crippen LogP contribution in [-0.4, -0.2) is 17.1 Å². The largest absolute Gasteiger partial charge is 0.378 e. The van der Waals surface area contributed by atoms with Crippen LogP contribution in [0.15, 0.2) is 4.47 Å². The van der Waals surface area contributed by atoms with Crippen LogP contribution in [0.3, 0.4) is 0 Å². The van der Waals surface area contributed by atoms with Gasteiger partial charge in [-0.05, 0) is 22.4 Å². The van der Waals surface area contributed by atoms with Crippen molar-refractivity contribution in [3.63, 3.8) is 0 Å². The van der Waals surface area contributed by atoms with E-state index in [2.05, 4.69) is 32.8 Å². The van der Waals surface area contributed by atoms with Crippen LogP contribution in [0.2, 0.25) is 5.15 Å². The lowest BCUT2D eigenvalue weighted by Crippen LogP contribution is -2.03. The molecule has 0 unspecified atom stereocenters. The Balaban J connectivity index is 2.90. The minimum atomic E-state index is 0.446. The van der Waals surface area contributed by atoms with Gasteiger partial charge >= 0.3 is 0 Å². The van der Waals surface area contributed by atoms with Gasteiger partial charge in [0.1, 0.15) is 11.0 Å². The van der Waals surface area contributed by atoms with Crippen molar-refractivity contribution >= 4 is 27.5 Å². The van der Waals surface area contributed by atoms with Crippen molar-refractivity contribution in [1.29, 1.82) is 0 Å². The SMILES string of the molecule is CCCCc1nc(Cl)c(Br)c(COC)n1. The summed E-state index contributed by atoms with van der Waals surface area (Å²) in [4.78, 5) is 8.60. The van der Waals surface area contributed by atoms with E-state index in [1.54, 1.807) is 7.11 Å². The maximum Gasteiger partial charge on any atom is 0.147 e. The van der Waals surface area contributed by atoms with Crippen LogP contribution >= 0.6 is 27.5 Å². The predicted octanol–water partition coefficient (Wildman–Crippen LogP) is 3.38. The first-order valence-corrected chi connectivity index (χ1v) is 6.05. The monoisotopic (exact) mass is 292 g/mol. The molecule has 15 heavy (non-hydrogen) atoms. The number of aromatic nitrogens is 2. The van der Waals surface area contributed by atoms with E-state index in [4.69, 9.17) is 16.3 Å². The second-order valence-corrected chi connectivity index (χ2v) is 4.38. The highest BCUT2D eigenvalue weighted by Gasteiger charge is 2.10. The smallest absolute Gasteiger partial charge is 0.147 e. The van der Waals surface area contributed by atoms with Gasteiger partial charge in [0.15, 0.2) is 0 Å². The summed E-state index contributed by atoms with van der Waals surface area (Å²) in [7, 11) is 1.63. The lowest BCUT2D eigenvalue weighted by Gasteiger charge is -2.06. The zero-order valence-corrected chi connectivity index (χ0v) is 11.2. The number of ether oxygens (including phenoxy) is 1. The van der Waals surface area contributed by atoms with Crippen LogP contribution < -0.4 is 0 Å². The second kappa shape index (κ2) is 6.40. The number of halogens is 2. The first-order chi connectivity index (χ1) is 7.19. The van der Waals surface area contributed by atoms with E-state index in [-0.39, 0.29) is 0 Å². The molecular formula is C10H14BrClN2O. The van der Waals surface area contributed by atoms with Gasteiger partial charge in [0.05, 0.1) is 16.8 Å². The fourth-order valence-corrected chi connectivity index (χ4v) is 1.69. The molecule has 0 aliphatic carbocycles. The zero-order valence-electron chi connectivity index (χ0n) is 8.89. The second-order valence-electron chi connectivity index (χ2n) is 3.23. The molecule has 0 saturated carbocycles. The highest BCUT2D eigenvalue weighted by Crippen LogP contribution is 2.24. The molecule has 0 spiro atoms. The summed E-state index contributed by atoms with van der Waals surface area (Å²) >= 11 is 9.33. The van der Waals surface area contributed by atoms with Crippen molar-refractivity contribution in [3.05, 3.63) is 21.1 Å². The molecule has 84 valence electrons. The Hall–Kier alpha value is -0.190. The molecule has 0 saturated heterocycles. The Labute approximate surface area is 103 Å². The fraction of sp³-hybridized carbons (Fsp3) is 0.600. The van der Waals surface area contributed by atoms with Crippen LogP contribution in [-0.2, 0) is 17.8 Å². The molecule has 0 bridgehead atoms. The molecule has 0 atom stereocenters. The highest BCUT2D eigenvalue weighted by molar-refractivity contribution is 9.10. The normalized spacial score (nSPS) is 10.7. The summed E-state index contributed by atoms with van der Waals surface area (Å²) in [6.45, 7) is 2.58. The van der Waals surface area contributed by atoms with Crippen molar-refractivity contribution in [2.24, 2.45) is 0 Å². The highest BCUT2D eigenvalue weighted by atomic mass is 79.9. The third-order valence-electron chi connectivity index (χ3n) is 1.96. The van der Waals surface area contributed by atoms with Gasteiger partial charge < -0.3 is 4.74 Å². The average Bonchev–Trinajstić information content (AvgIpc) is 2.22. The molecule has 0 radical (unpaired) electrons. The van der Waals surface area contributed by atoms with Crippen molar-refractivity contribution < 1.29 is 4.74 Å². The number of rotatable bonds is 5. The Kier molecular flexibility index (Phi) is 5.50. The molecule has 3 nitrogen and oxygen atoms in total. The van der Waals surface area contributed by atoms with Gasteiger partial charge in [0.25, 0.3) is 0 Å². The molecule has 0 aliphatic heterocycles. The lowest BCUT2D eigenvalue weighted by atomic mass is 10.2. The molecule has 1 heterocycles. The van der Waals surface area contributed by atoms with E-state index in [0.717, 1.165) is 35.3 Å². The van der Waals surface area contributed by atoms with Crippen LogP contribution in [0.25, 0.3) is 0 Å². The van der Waals surface area contributed by atoms with E-state index in [9.17, 15) is 0 Å². The van der Waals surface area contributed by atoms with Crippen molar-refractivity contribution in [2.75, 3.05) is 7.11 Å². The fourth-order valence-electron chi connectivity index (χ4n) is 1.19. The third-order valence-corrected chi connectivity index (χ3v) is 3.30. The minimum Gasteiger partial charge on any atom is -0.378 e. The zero-order chi connectivity index (χ0) is 11.3. The maximum absolute atomic E-state index is 5.98. The molecule has 5 heteroatoms. The van der Waals surface area contributed by atoms with Gasteiger partial charge in [-0.1, -0.05) is 24.9 Å². The molecule has 0 N–H and O–H groups in total.